The molecular formula is C9H9ClNO2+. The van der Waals surface area contributed by atoms with E-state index in [1.165, 1.54) is 12.1 Å². The van der Waals surface area contributed by atoms with Crippen LogP contribution in [0.2, 0.25) is 5.02 Å². The molecule has 1 aromatic carbocycles. The van der Waals surface area contributed by atoms with Gasteiger partial charge in [-0.15, -0.1) is 0 Å². The van der Waals surface area contributed by atoms with Crippen molar-refractivity contribution in [3.63, 3.8) is 0 Å². The van der Waals surface area contributed by atoms with Crippen molar-refractivity contribution in [1.29, 1.82) is 0 Å². The van der Waals surface area contributed by atoms with Crippen LogP contribution in [0.4, 0.5) is 5.69 Å². The molecule has 0 aromatic heterocycles. The first-order valence-corrected chi connectivity index (χ1v) is 4.51. The van der Waals surface area contributed by atoms with Gasteiger partial charge in [0.05, 0.1) is 5.02 Å². The van der Waals surface area contributed by atoms with E-state index in [1.54, 1.807) is 6.07 Å². The minimum absolute atomic E-state index is 0.00890. The Morgan fingerprint density at radius 1 is 1.46 bits per heavy atom. The van der Waals surface area contributed by atoms with Crippen LogP contribution in [-0.4, -0.2) is 15.9 Å². The molecule has 68 valence electrons. The van der Waals surface area contributed by atoms with Crippen molar-refractivity contribution >= 4 is 17.3 Å². The highest BCUT2D eigenvalue weighted by Gasteiger charge is 2.39. The molecule has 0 radical (unpaired) electrons. The second kappa shape index (κ2) is 3.00. The largest absolute Gasteiger partial charge is 0.506 e. The lowest BCUT2D eigenvalue weighted by Gasteiger charge is -1.95. The van der Waals surface area contributed by atoms with E-state index in [0.29, 0.717) is 5.69 Å². The summed E-state index contributed by atoms with van der Waals surface area (Å²) in [5.41, 5.74) is 0.519. The van der Waals surface area contributed by atoms with Crippen molar-refractivity contribution in [2.24, 2.45) is 0 Å². The van der Waals surface area contributed by atoms with Crippen LogP contribution < -0.4 is 0 Å². The van der Waals surface area contributed by atoms with Gasteiger partial charge in [-0.3, -0.25) is 0 Å². The molecule has 1 aliphatic rings. The molecule has 0 amide bonds. The van der Waals surface area contributed by atoms with Gasteiger partial charge in [0, 0.05) is 34.6 Å². The maximum absolute atomic E-state index is 11.4. The Balaban J connectivity index is 2.30. The molecule has 2 rings (SSSR count). The summed E-state index contributed by atoms with van der Waals surface area (Å²) in [6, 6.07) is 4.61. The van der Waals surface area contributed by atoms with Gasteiger partial charge in [-0.2, -0.15) is 0 Å². The Kier molecular flexibility index (Phi) is 1.96. The summed E-state index contributed by atoms with van der Waals surface area (Å²) >= 11 is 5.67. The summed E-state index contributed by atoms with van der Waals surface area (Å²) in [4.78, 5) is 11.4. The van der Waals surface area contributed by atoms with Crippen LogP contribution in [0.3, 0.4) is 0 Å². The molecule has 1 fully saturated rings. The van der Waals surface area contributed by atoms with Gasteiger partial charge in [-0.25, -0.2) is 0 Å². The summed E-state index contributed by atoms with van der Waals surface area (Å²) in [6.45, 7) is 0. The van der Waals surface area contributed by atoms with E-state index in [2.05, 4.69) is 0 Å². The van der Waals surface area contributed by atoms with Crippen LogP contribution in [-0.2, 0) is 0 Å². The average molecular weight is 199 g/mol. The highest BCUT2D eigenvalue weighted by atomic mass is 35.5. The number of hydrogen-bond donors (Lipinski definition) is 1. The first-order chi connectivity index (χ1) is 6.18. The Bertz CT molecular complexity index is 361. The zero-order valence-corrected chi connectivity index (χ0v) is 7.66. The van der Waals surface area contributed by atoms with Crippen molar-refractivity contribution in [3.8, 4) is 5.75 Å². The van der Waals surface area contributed by atoms with Gasteiger partial charge in [-0.05, 0) is 6.07 Å². The minimum Gasteiger partial charge on any atom is -0.506 e. The molecule has 1 saturated carbocycles. The fourth-order valence-corrected chi connectivity index (χ4v) is 1.33. The summed E-state index contributed by atoms with van der Waals surface area (Å²) < 4.78 is 0.950. The van der Waals surface area contributed by atoms with Crippen LogP contribution in [0.15, 0.2) is 18.2 Å². The van der Waals surface area contributed by atoms with E-state index >= 15 is 0 Å². The molecule has 0 unspecified atom stereocenters. The number of phenols is 1. The van der Waals surface area contributed by atoms with Gasteiger partial charge in [0.25, 0.3) is 5.69 Å². The molecule has 0 bridgehead atoms. The van der Waals surface area contributed by atoms with Crippen LogP contribution in [0.25, 0.3) is 0 Å². The highest BCUT2D eigenvalue weighted by Crippen LogP contribution is 2.33. The number of hydrogen-bond acceptors (Lipinski definition) is 2. The van der Waals surface area contributed by atoms with Gasteiger partial charge < -0.3 is 5.11 Å². The molecular weight excluding hydrogens is 190 g/mol. The van der Waals surface area contributed by atoms with E-state index < -0.39 is 0 Å². The molecule has 0 heterocycles. The zero-order chi connectivity index (χ0) is 9.42. The Labute approximate surface area is 80.5 Å². The predicted molar refractivity (Wildman–Crippen MR) is 49.4 cm³/mol. The molecule has 0 aliphatic heterocycles. The number of halogens is 1. The summed E-state index contributed by atoms with van der Waals surface area (Å²) in [6.07, 6.45) is 1.89. The molecule has 1 aliphatic carbocycles. The number of nitroso groups, excluding NO2 is 1. The number of phenolic OH excluding ortho intramolecular Hbond substituents is 1. The SMILES string of the molecule is O=[N+](c1ccc(O)c(Cl)c1)C1CC1. The molecule has 1 N–H and O–H groups in total. The van der Waals surface area contributed by atoms with E-state index in [9.17, 15) is 4.91 Å². The Hall–Kier alpha value is -1.09. The van der Waals surface area contributed by atoms with Crippen molar-refractivity contribution in [3.05, 3.63) is 28.1 Å². The van der Waals surface area contributed by atoms with Crippen LogP contribution >= 0.6 is 11.6 Å². The summed E-state index contributed by atoms with van der Waals surface area (Å²) in [7, 11) is 0. The fraction of sp³-hybridized carbons (Fsp3) is 0.333. The van der Waals surface area contributed by atoms with Crippen LogP contribution in [0.1, 0.15) is 12.8 Å². The molecule has 13 heavy (non-hydrogen) atoms. The van der Waals surface area contributed by atoms with Gasteiger partial charge in [-0.1, -0.05) is 11.6 Å². The van der Waals surface area contributed by atoms with Crippen molar-refractivity contribution in [1.82, 2.24) is 0 Å². The van der Waals surface area contributed by atoms with Crippen molar-refractivity contribution in [2.75, 3.05) is 0 Å². The third kappa shape index (κ3) is 1.65. The smallest absolute Gasteiger partial charge is 0.258 e. The second-order valence-corrected chi connectivity index (χ2v) is 3.60. The van der Waals surface area contributed by atoms with Crippen LogP contribution in [0, 0.1) is 4.91 Å². The first kappa shape index (κ1) is 8.51. The maximum Gasteiger partial charge on any atom is 0.258 e. The highest BCUT2D eigenvalue weighted by molar-refractivity contribution is 6.32. The number of nitrogens with zero attached hydrogens (tertiary/aromatic N) is 1. The summed E-state index contributed by atoms with van der Waals surface area (Å²) in [5.74, 6) is 0.00890. The zero-order valence-electron chi connectivity index (χ0n) is 6.90. The average Bonchev–Trinajstić information content (AvgIpc) is 2.91. The molecule has 4 heteroatoms. The first-order valence-electron chi connectivity index (χ1n) is 4.13. The van der Waals surface area contributed by atoms with Crippen molar-refractivity contribution in [2.45, 2.75) is 18.9 Å². The van der Waals surface area contributed by atoms with E-state index in [-0.39, 0.29) is 16.8 Å². The van der Waals surface area contributed by atoms with Gasteiger partial charge in [0.1, 0.15) is 5.75 Å². The minimum atomic E-state index is 0.00890. The quantitative estimate of drug-likeness (QED) is 0.743. The molecule has 0 atom stereocenters. The number of aromatic hydroxyl groups is 1. The topological polar surface area (TPSA) is 40.3 Å². The fourth-order valence-electron chi connectivity index (χ4n) is 1.15. The van der Waals surface area contributed by atoms with E-state index in [4.69, 9.17) is 16.7 Å². The van der Waals surface area contributed by atoms with E-state index in [1.807, 2.05) is 0 Å². The lowest BCUT2D eigenvalue weighted by atomic mass is 10.3. The predicted octanol–water partition coefficient (Wildman–Crippen LogP) is 2.62. The van der Waals surface area contributed by atoms with Gasteiger partial charge >= 0.3 is 0 Å². The van der Waals surface area contributed by atoms with Gasteiger partial charge in [0.15, 0.2) is 0 Å². The van der Waals surface area contributed by atoms with E-state index in [0.717, 1.165) is 17.6 Å². The summed E-state index contributed by atoms with van der Waals surface area (Å²) in [5, 5.41) is 9.35. The molecule has 3 nitrogen and oxygen atoms in total. The number of benzene rings is 1. The van der Waals surface area contributed by atoms with Gasteiger partial charge in [0.2, 0.25) is 6.04 Å². The van der Waals surface area contributed by atoms with Crippen LogP contribution in [0.5, 0.6) is 5.75 Å². The molecule has 0 saturated heterocycles. The molecule has 1 aromatic rings. The normalized spacial score (nSPS) is 15.8. The maximum atomic E-state index is 11.4. The molecule has 0 spiro atoms. The van der Waals surface area contributed by atoms with Crippen molar-refractivity contribution < 1.29 is 9.87 Å². The number of rotatable bonds is 2. The Morgan fingerprint density at radius 3 is 2.69 bits per heavy atom. The Morgan fingerprint density at radius 2 is 2.15 bits per heavy atom. The lowest BCUT2D eigenvalue weighted by Crippen LogP contribution is -2.02. The monoisotopic (exact) mass is 198 g/mol. The third-order valence-corrected chi connectivity index (χ3v) is 2.37. The third-order valence-electron chi connectivity index (χ3n) is 2.06. The lowest BCUT2D eigenvalue weighted by molar-refractivity contribution is -0.478. The second-order valence-electron chi connectivity index (χ2n) is 3.19. The standard InChI is InChI=1S/C9H8ClNO2/c10-8-5-7(3-4-9(8)12)11(13)6-1-2-6/h3-6H,1-2H2/p+1.